The Hall–Kier alpha value is -2.28. The van der Waals surface area contributed by atoms with Crippen molar-refractivity contribution in [3.05, 3.63) is 59.8 Å². The normalized spacial score (nSPS) is 14.7. The highest BCUT2D eigenvalue weighted by Gasteiger charge is 2.30. The lowest BCUT2D eigenvalue weighted by Gasteiger charge is -2.24. The van der Waals surface area contributed by atoms with Gasteiger partial charge in [0.2, 0.25) is 0 Å². The van der Waals surface area contributed by atoms with E-state index in [1.165, 1.54) is 31.4 Å². The molecular formula is C22H23F3N2OS. The van der Waals surface area contributed by atoms with Gasteiger partial charge in [-0.25, -0.2) is 0 Å². The van der Waals surface area contributed by atoms with Crippen molar-refractivity contribution in [3.63, 3.8) is 0 Å². The first-order valence-corrected chi connectivity index (χ1v) is 10.8. The fourth-order valence-electron chi connectivity index (χ4n) is 3.33. The lowest BCUT2D eigenvalue weighted by Crippen LogP contribution is -2.14. The number of rotatable bonds is 8. The zero-order valence-electron chi connectivity index (χ0n) is 15.9. The van der Waals surface area contributed by atoms with Crippen molar-refractivity contribution in [1.82, 2.24) is 4.98 Å². The average molecular weight is 421 g/mol. The molecule has 0 aliphatic heterocycles. The minimum Gasteiger partial charge on any atom is -0.493 e. The molecule has 4 rings (SSSR count). The number of fused-ring (bicyclic) bond motifs is 1. The molecule has 1 aliphatic rings. The summed E-state index contributed by atoms with van der Waals surface area (Å²) in [5, 5.41) is 1.14. The van der Waals surface area contributed by atoms with Gasteiger partial charge >= 0.3 is 6.18 Å². The van der Waals surface area contributed by atoms with Crippen molar-refractivity contribution < 1.29 is 17.9 Å². The highest BCUT2D eigenvalue weighted by atomic mass is 32.2. The van der Waals surface area contributed by atoms with Crippen LogP contribution in [0.4, 0.5) is 18.9 Å². The van der Waals surface area contributed by atoms with Crippen LogP contribution in [-0.2, 0) is 12.6 Å². The zero-order chi connectivity index (χ0) is 20.3. The molecule has 3 aromatic rings. The summed E-state index contributed by atoms with van der Waals surface area (Å²) in [7, 11) is 0. The van der Waals surface area contributed by atoms with E-state index in [9.17, 15) is 13.2 Å². The fourth-order valence-corrected chi connectivity index (χ4v) is 4.31. The number of hydrogen-bond donors (Lipinski definition) is 2. The third kappa shape index (κ3) is 5.01. The summed E-state index contributed by atoms with van der Waals surface area (Å²) in [5.41, 5.74) is 2.60. The summed E-state index contributed by atoms with van der Waals surface area (Å²) in [5.74, 6) is 2.42. The van der Waals surface area contributed by atoms with Crippen molar-refractivity contribution in [2.75, 3.05) is 17.1 Å². The van der Waals surface area contributed by atoms with E-state index in [4.69, 9.17) is 4.74 Å². The first-order valence-electron chi connectivity index (χ1n) is 9.77. The molecule has 3 nitrogen and oxygen atoms in total. The standard InChI is InChI=1S/C22H23F3N2OS/c23-22(24,25)17-5-7-18(8-6-17)28-11-10-15-4-9-20-19(12-15)21(13-26-20)27-29-14-16-2-1-3-16/h4-9,12-13,16,26-27H,1-3,10-11,14H2. The third-order valence-corrected chi connectivity index (χ3v) is 6.32. The van der Waals surface area contributed by atoms with Gasteiger partial charge in [-0.1, -0.05) is 24.4 Å². The molecular weight excluding hydrogens is 397 g/mol. The van der Waals surface area contributed by atoms with E-state index in [1.807, 2.05) is 18.3 Å². The van der Waals surface area contributed by atoms with E-state index in [-0.39, 0.29) is 0 Å². The number of aromatic nitrogens is 1. The number of halogens is 3. The molecule has 0 unspecified atom stereocenters. The van der Waals surface area contributed by atoms with E-state index in [0.29, 0.717) is 18.8 Å². The Labute approximate surface area is 172 Å². The molecule has 0 bridgehead atoms. The van der Waals surface area contributed by atoms with Gasteiger partial charge in [0, 0.05) is 29.3 Å². The molecule has 7 heteroatoms. The summed E-state index contributed by atoms with van der Waals surface area (Å²) >= 11 is 1.76. The first-order chi connectivity index (χ1) is 14.0. The van der Waals surface area contributed by atoms with E-state index >= 15 is 0 Å². The first kappa shape index (κ1) is 20.0. The van der Waals surface area contributed by atoms with Crippen molar-refractivity contribution in [2.45, 2.75) is 31.9 Å². The predicted octanol–water partition coefficient (Wildman–Crippen LogP) is 6.67. The summed E-state index contributed by atoms with van der Waals surface area (Å²) in [6.45, 7) is 0.403. The van der Waals surface area contributed by atoms with Gasteiger partial charge in [-0.2, -0.15) is 13.2 Å². The molecule has 29 heavy (non-hydrogen) atoms. The van der Waals surface area contributed by atoms with Crippen LogP contribution in [0.1, 0.15) is 30.4 Å². The van der Waals surface area contributed by atoms with Gasteiger partial charge in [-0.05, 0) is 60.7 Å². The molecule has 0 radical (unpaired) electrons. The van der Waals surface area contributed by atoms with Crippen LogP contribution in [0.25, 0.3) is 10.9 Å². The highest BCUT2D eigenvalue weighted by Crippen LogP contribution is 2.32. The second-order valence-corrected chi connectivity index (χ2v) is 8.24. The monoisotopic (exact) mass is 420 g/mol. The Morgan fingerprint density at radius 2 is 1.90 bits per heavy atom. The maximum Gasteiger partial charge on any atom is 0.416 e. The van der Waals surface area contributed by atoms with E-state index < -0.39 is 11.7 Å². The second-order valence-electron chi connectivity index (χ2n) is 7.41. The number of ether oxygens (including phenoxy) is 1. The van der Waals surface area contributed by atoms with E-state index in [2.05, 4.69) is 15.8 Å². The lowest BCUT2D eigenvalue weighted by atomic mass is 9.87. The highest BCUT2D eigenvalue weighted by molar-refractivity contribution is 8.00. The number of nitrogens with one attached hydrogen (secondary N) is 2. The second kappa shape index (κ2) is 8.61. The maximum absolute atomic E-state index is 12.6. The molecule has 2 N–H and O–H groups in total. The number of benzene rings is 2. The van der Waals surface area contributed by atoms with Gasteiger partial charge < -0.3 is 14.4 Å². The van der Waals surface area contributed by atoms with Crippen molar-refractivity contribution in [3.8, 4) is 5.75 Å². The number of hydrogen-bond acceptors (Lipinski definition) is 3. The Balaban J connectivity index is 1.32. The number of anilines is 1. The quantitative estimate of drug-likeness (QED) is 0.400. The molecule has 1 saturated carbocycles. The van der Waals surface area contributed by atoms with Gasteiger partial charge in [-0.3, -0.25) is 0 Å². The van der Waals surface area contributed by atoms with Gasteiger partial charge in [0.15, 0.2) is 0 Å². The Bertz CT molecular complexity index is 949. The largest absolute Gasteiger partial charge is 0.493 e. The SMILES string of the molecule is FC(F)(F)c1ccc(OCCc2ccc3[nH]cc(NSCC4CCC4)c3c2)cc1. The van der Waals surface area contributed by atoms with Gasteiger partial charge in [0.25, 0.3) is 0 Å². The van der Waals surface area contributed by atoms with Crippen LogP contribution in [0.2, 0.25) is 0 Å². The van der Waals surface area contributed by atoms with Crippen LogP contribution in [0.5, 0.6) is 5.75 Å². The van der Waals surface area contributed by atoms with Gasteiger partial charge in [0.1, 0.15) is 5.75 Å². The summed E-state index contributed by atoms with van der Waals surface area (Å²) in [4.78, 5) is 3.28. The lowest BCUT2D eigenvalue weighted by molar-refractivity contribution is -0.137. The summed E-state index contributed by atoms with van der Waals surface area (Å²) in [6, 6.07) is 11.0. The summed E-state index contributed by atoms with van der Waals surface area (Å²) < 4.78 is 46.9. The van der Waals surface area contributed by atoms with Crippen molar-refractivity contribution in [1.29, 1.82) is 0 Å². The minimum atomic E-state index is -4.33. The molecule has 1 fully saturated rings. The maximum atomic E-state index is 12.6. The van der Waals surface area contributed by atoms with Crippen LogP contribution < -0.4 is 9.46 Å². The van der Waals surface area contributed by atoms with Crippen molar-refractivity contribution in [2.24, 2.45) is 5.92 Å². The number of alkyl halides is 3. The predicted molar refractivity (Wildman–Crippen MR) is 112 cm³/mol. The smallest absolute Gasteiger partial charge is 0.416 e. The fraction of sp³-hybridized carbons (Fsp3) is 0.364. The molecule has 0 amide bonds. The number of H-pyrrole nitrogens is 1. The third-order valence-electron chi connectivity index (χ3n) is 5.31. The van der Waals surface area contributed by atoms with Crippen molar-refractivity contribution >= 4 is 28.5 Å². The van der Waals surface area contributed by atoms with E-state index in [1.54, 1.807) is 11.9 Å². The van der Waals surface area contributed by atoms with Gasteiger partial charge in [-0.15, -0.1) is 0 Å². The van der Waals surface area contributed by atoms with Crippen LogP contribution >= 0.6 is 11.9 Å². The molecule has 1 heterocycles. The van der Waals surface area contributed by atoms with Crippen LogP contribution in [0.15, 0.2) is 48.7 Å². The molecule has 154 valence electrons. The Morgan fingerprint density at radius 1 is 1.10 bits per heavy atom. The number of aromatic amines is 1. The Morgan fingerprint density at radius 3 is 2.59 bits per heavy atom. The molecule has 1 aromatic heterocycles. The molecule has 2 aromatic carbocycles. The van der Waals surface area contributed by atoms with Crippen LogP contribution in [0.3, 0.4) is 0 Å². The van der Waals surface area contributed by atoms with E-state index in [0.717, 1.165) is 46.0 Å². The minimum absolute atomic E-state index is 0.403. The molecule has 0 atom stereocenters. The van der Waals surface area contributed by atoms with Gasteiger partial charge in [0.05, 0.1) is 17.9 Å². The Kier molecular flexibility index (Phi) is 5.94. The topological polar surface area (TPSA) is 37.0 Å². The molecule has 0 spiro atoms. The molecule has 0 saturated heterocycles. The molecule has 1 aliphatic carbocycles. The van der Waals surface area contributed by atoms with Crippen LogP contribution in [0, 0.1) is 5.92 Å². The zero-order valence-corrected chi connectivity index (χ0v) is 16.7. The van der Waals surface area contributed by atoms with Crippen LogP contribution in [-0.4, -0.2) is 17.3 Å². The summed E-state index contributed by atoms with van der Waals surface area (Å²) in [6.07, 6.45) is 2.37. The average Bonchev–Trinajstić information content (AvgIpc) is 3.06.